The van der Waals surface area contributed by atoms with E-state index < -0.39 is 0 Å². The lowest BCUT2D eigenvalue weighted by Gasteiger charge is -2.36. The molecule has 3 rings (SSSR count). The predicted octanol–water partition coefficient (Wildman–Crippen LogP) is 3.41. The van der Waals surface area contributed by atoms with Gasteiger partial charge in [-0.1, -0.05) is 41.9 Å². The summed E-state index contributed by atoms with van der Waals surface area (Å²) in [6.07, 6.45) is 0.366. The van der Waals surface area contributed by atoms with Crippen LogP contribution in [-0.4, -0.2) is 35.3 Å². The number of morpholine rings is 1. The van der Waals surface area contributed by atoms with Gasteiger partial charge in [0.15, 0.2) is 5.82 Å². The van der Waals surface area contributed by atoms with Gasteiger partial charge in [-0.05, 0) is 13.8 Å². The van der Waals surface area contributed by atoms with Gasteiger partial charge in [-0.25, -0.2) is 9.97 Å². The lowest BCUT2D eigenvalue weighted by molar-refractivity contribution is -0.00546. The molecular formula is C16H18ClN3O. The van der Waals surface area contributed by atoms with Gasteiger partial charge in [-0.15, -0.1) is 0 Å². The van der Waals surface area contributed by atoms with Crippen molar-refractivity contribution in [3.05, 3.63) is 41.6 Å². The highest BCUT2D eigenvalue weighted by Crippen LogP contribution is 2.24. The van der Waals surface area contributed by atoms with Crippen molar-refractivity contribution in [2.45, 2.75) is 26.1 Å². The molecule has 0 radical (unpaired) electrons. The van der Waals surface area contributed by atoms with E-state index in [1.54, 1.807) is 0 Å². The number of ether oxygens (including phenoxy) is 1. The van der Waals surface area contributed by atoms with E-state index in [0.29, 0.717) is 11.0 Å². The van der Waals surface area contributed by atoms with Gasteiger partial charge in [0.05, 0.1) is 12.2 Å². The summed E-state index contributed by atoms with van der Waals surface area (Å²) in [5, 5.41) is 0.464. The molecule has 1 aromatic heterocycles. The minimum absolute atomic E-state index is 0.183. The van der Waals surface area contributed by atoms with Crippen LogP contribution in [0.4, 0.5) is 5.82 Å². The molecule has 2 heterocycles. The number of aromatic nitrogens is 2. The minimum atomic E-state index is 0.183. The van der Waals surface area contributed by atoms with Crippen molar-refractivity contribution < 1.29 is 4.74 Å². The zero-order valence-corrected chi connectivity index (χ0v) is 12.9. The summed E-state index contributed by atoms with van der Waals surface area (Å²) in [6, 6.07) is 11.7. The topological polar surface area (TPSA) is 38.2 Å². The summed E-state index contributed by atoms with van der Waals surface area (Å²) in [5.41, 5.74) is 0.968. The number of rotatable bonds is 2. The Morgan fingerprint density at radius 2 is 1.76 bits per heavy atom. The van der Waals surface area contributed by atoms with E-state index in [1.807, 2.05) is 36.4 Å². The Morgan fingerprint density at radius 1 is 1.10 bits per heavy atom. The van der Waals surface area contributed by atoms with E-state index >= 15 is 0 Å². The number of hydrogen-bond acceptors (Lipinski definition) is 4. The highest BCUT2D eigenvalue weighted by atomic mass is 35.5. The number of halogens is 1. The van der Waals surface area contributed by atoms with E-state index in [1.165, 1.54) is 0 Å². The van der Waals surface area contributed by atoms with E-state index in [9.17, 15) is 0 Å². The van der Waals surface area contributed by atoms with E-state index in [-0.39, 0.29) is 12.2 Å². The van der Waals surface area contributed by atoms with Gasteiger partial charge in [0.1, 0.15) is 11.0 Å². The van der Waals surface area contributed by atoms with Crippen LogP contribution in [0.1, 0.15) is 13.8 Å². The molecular weight excluding hydrogens is 286 g/mol. The van der Waals surface area contributed by atoms with Crippen LogP contribution in [-0.2, 0) is 4.74 Å². The van der Waals surface area contributed by atoms with Gasteiger partial charge in [0.2, 0.25) is 0 Å². The highest BCUT2D eigenvalue weighted by molar-refractivity contribution is 6.29. The molecule has 1 aliphatic rings. The van der Waals surface area contributed by atoms with Crippen LogP contribution in [0.15, 0.2) is 36.4 Å². The Morgan fingerprint density at radius 3 is 2.43 bits per heavy atom. The third-order valence-electron chi connectivity index (χ3n) is 3.46. The third-order valence-corrected chi connectivity index (χ3v) is 3.65. The Bertz CT molecular complexity index is 610. The van der Waals surface area contributed by atoms with Gasteiger partial charge in [-0.2, -0.15) is 0 Å². The molecule has 1 fully saturated rings. The van der Waals surface area contributed by atoms with Crippen LogP contribution in [0.2, 0.25) is 5.15 Å². The Labute approximate surface area is 129 Å². The summed E-state index contributed by atoms with van der Waals surface area (Å²) in [7, 11) is 0. The molecule has 1 saturated heterocycles. The zero-order chi connectivity index (χ0) is 14.8. The molecule has 1 aliphatic heterocycles. The first-order valence-corrected chi connectivity index (χ1v) is 7.50. The molecule has 2 aromatic rings. The second-order valence-corrected chi connectivity index (χ2v) is 5.79. The van der Waals surface area contributed by atoms with Gasteiger partial charge >= 0.3 is 0 Å². The monoisotopic (exact) mass is 303 g/mol. The maximum Gasteiger partial charge on any atom is 0.163 e. The summed E-state index contributed by atoms with van der Waals surface area (Å²) in [5.74, 6) is 1.51. The fraction of sp³-hybridized carbons (Fsp3) is 0.375. The standard InChI is InChI=1S/C16H18ClN3O/c1-11-9-20(10-12(2)21-11)15-8-14(17)18-16(19-15)13-6-4-3-5-7-13/h3-8,11-12H,9-10H2,1-2H3/t11-,12+. The number of hydrogen-bond donors (Lipinski definition) is 0. The Balaban J connectivity index is 1.94. The van der Waals surface area contributed by atoms with Crippen LogP contribution < -0.4 is 4.90 Å². The molecule has 0 spiro atoms. The fourth-order valence-corrected chi connectivity index (χ4v) is 2.83. The lowest BCUT2D eigenvalue weighted by atomic mass is 10.2. The number of benzene rings is 1. The Hall–Kier alpha value is -1.65. The van der Waals surface area contributed by atoms with Crippen LogP contribution in [0, 0.1) is 0 Å². The first-order valence-electron chi connectivity index (χ1n) is 7.12. The average Bonchev–Trinajstić information content (AvgIpc) is 2.46. The maximum absolute atomic E-state index is 6.18. The van der Waals surface area contributed by atoms with Crippen molar-refractivity contribution in [3.8, 4) is 11.4 Å². The SMILES string of the molecule is C[C@@H]1CN(c2cc(Cl)nc(-c3ccccc3)n2)C[C@H](C)O1. The van der Waals surface area contributed by atoms with Gasteiger partial charge in [0, 0.05) is 24.7 Å². The lowest BCUT2D eigenvalue weighted by Crippen LogP contribution is -2.45. The second kappa shape index (κ2) is 6.00. The zero-order valence-electron chi connectivity index (χ0n) is 12.2. The first kappa shape index (κ1) is 14.3. The van der Waals surface area contributed by atoms with Crippen molar-refractivity contribution >= 4 is 17.4 Å². The summed E-state index contributed by atoms with van der Waals surface area (Å²) in [4.78, 5) is 11.2. The fourth-order valence-electron chi connectivity index (χ4n) is 2.65. The van der Waals surface area contributed by atoms with E-state index in [2.05, 4.69) is 28.7 Å². The van der Waals surface area contributed by atoms with E-state index in [4.69, 9.17) is 16.3 Å². The molecule has 0 bridgehead atoms. The van der Waals surface area contributed by atoms with Crippen LogP contribution in [0.25, 0.3) is 11.4 Å². The van der Waals surface area contributed by atoms with Crippen molar-refractivity contribution in [2.75, 3.05) is 18.0 Å². The second-order valence-electron chi connectivity index (χ2n) is 5.40. The van der Waals surface area contributed by atoms with Gasteiger partial charge in [-0.3, -0.25) is 0 Å². The molecule has 2 atom stereocenters. The number of anilines is 1. The molecule has 0 saturated carbocycles. The molecule has 5 heteroatoms. The maximum atomic E-state index is 6.18. The largest absolute Gasteiger partial charge is 0.372 e. The molecule has 0 N–H and O–H groups in total. The molecule has 21 heavy (non-hydrogen) atoms. The van der Waals surface area contributed by atoms with Gasteiger partial charge < -0.3 is 9.64 Å². The molecule has 0 unspecified atom stereocenters. The molecule has 0 aliphatic carbocycles. The van der Waals surface area contributed by atoms with Crippen molar-refractivity contribution in [1.82, 2.24) is 9.97 Å². The van der Waals surface area contributed by atoms with Crippen LogP contribution in [0.3, 0.4) is 0 Å². The minimum Gasteiger partial charge on any atom is -0.372 e. The smallest absolute Gasteiger partial charge is 0.163 e. The van der Waals surface area contributed by atoms with Crippen LogP contribution in [0.5, 0.6) is 0 Å². The first-order chi connectivity index (χ1) is 10.1. The van der Waals surface area contributed by atoms with Crippen molar-refractivity contribution in [3.63, 3.8) is 0 Å². The highest BCUT2D eigenvalue weighted by Gasteiger charge is 2.24. The normalized spacial score (nSPS) is 22.3. The molecule has 1 aromatic carbocycles. The predicted molar refractivity (Wildman–Crippen MR) is 84.7 cm³/mol. The molecule has 4 nitrogen and oxygen atoms in total. The van der Waals surface area contributed by atoms with Crippen LogP contribution >= 0.6 is 11.6 Å². The van der Waals surface area contributed by atoms with Crippen molar-refractivity contribution in [2.24, 2.45) is 0 Å². The summed E-state index contributed by atoms with van der Waals surface area (Å²) < 4.78 is 5.76. The Kier molecular flexibility index (Phi) is 4.08. The summed E-state index contributed by atoms with van der Waals surface area (Å²) in [6.45, 7) is 5.77. The van der Waals surface area contributed by atoms with Crippen molar-refractivity contribution in [1.29, 1.82) is 0 Å². The van der Waals surface area contributed by atoms with E-state index in [0.717, 1.165) is 24.5 Å². The average molecular weight is 304 g/mol. The van der Waals surface area contributed by atoms with Gasteiger partial charge in [0.25, 0.3) is 0 Å². The number of nitrogens with zero attached hydrogens (tertiary/aromatic N) is 3. The quantitative estimate of drug-likeness (QED) is 0.797. The summed E-state index contributed by atoms with van der Waals surface area (Å²) >= 11 is 6.18. The third kappa shape index (κ3) is 3.34. The molecule has 110 valence electrons. The molecule has 0 amide bonds.